The number of carbonyl (C=O) groups excluding carboxylic acids is 1. The van der Waals surface area contributed by atoms with Gasteiger partial charge in [-0.1, -0.05) is 0 Å². The van der Waals surface area contributed by atoms with Crippen molar-refractivity contribution in [3.05, 3.63) is 35.4 Å². The first-order valence-corrected chi connectivity index (χ1v) is 4.94. The Balaban J connectivity index is 2.58. The summed E-state index contributed by atoms with van der Waals surface area (Å²) in [6, 6.07) is 2.51. The van der Waals surface area contributed by atoms with Crippen molar-refractivity contribution in [1.29, 1.82) is 0 Å². The molecule has 4 nitrogen and oxygen atoms in total. The molecule has 1 amide bonds. The molecular weight excluding hydrogens is 232 g/mol. The van der Waals surface area contributed by atoms with Gasteiger partial charge in [0.2, 0.25) is 0 Å². The minimum Gasteiger partial charge on any atom is -0.389 e. The smallest absolute Gasteiger partial charge is 0.251 e. The minimum atomic E-state index is -0.859. The largest absolute Gasteiger partial charge is 0.389 e. The maximum Gasteiger partial charge on any atom is 0.251 e. The van der Waals surface area contributed by atoms with Crippen LogP contribution in [-0.2, 0) is 4.74 Å². The molecule has 0 fully saturated rings. The van der Waals surface area contributed by atoms with E-state index < -0.39 is 23.6 Å². The maximum atomic E-state index is 12.8. The Morgan fingerprint density at radius 3 is 2.53 bits per heavy atom. The van der Waals surface area contributed by atoms with Crippen LogP contribution in [0.2, 0.25) is 0 Å². The fraction of sp³-hybridized carbons (Fsp3) is 0.364. The second-order valence-electron chi connectivity index (χ2n) is 3.48. The lowest BCUT2D eigenvalue weighted by atomic mass is 10.2. The van der Waals surface area contributed by atoms with Gasteiger partial charge in [0.05, 0.1) is 12.7 Å². The van der Waals surface area contributed by atoms with Crippen LogP contribution < -0.4 is 5.32 Å². The van der Waals surface area contributed by atoms with Crippen molar-refractivity contribution in [2.75, 3.05) is 20.3 Å². The van der Waals surface area contributed by atoms with Gasteiger partial charge in [0, 0.05) is 25.3 Å². The highest BCUT2D eigenvalue weighted by atomic mass is 19.1. The lowest BCUT2D eigenvalue weighted by Crippen LogP contribution is -2.34. The number of rotatable bonds is 5. The average Bonchev–Trinajstić information content (AvgIpc) is 2.25. The Labute approximate surface area is 97.2 Å². The quantitative estimate of drug-likeness (QED) is 0.803. The van der Waals surface area contributed by atoms with Crippen LogP contribution in [0.25, 0.3) is 0 Å². The molecule has 0 bridgehead atoms. The highest BCUT2D eigenvalue weighted by Gasteiger charge is 2.11. The van der Waals surface area contributed by atoms with Crippen LogP contribution in [0.4, 0.5) is 8.78 Å². The van der Waals surface area contributed by atoms with Gasteiger partial charge in [-0.05, 0) is 12.1 Å². The molecule has 0 saturated heterocycles. The second kappa shape index (κ2) is 6.27. The Morgan fingerprint density at radius 1 is 1.41 bits per heavy atom. The molecule has 1 aromatic rings. The van der Waals surface area contributed by atoms with E-state index in [-0.39, 0.29) is 18.7 Å². The summed E-state index contributed by atoms with van der Waals surface area (Å²) in [5.41, 5.74) is -0.132. The van der Waals surface area contributed by atoms with Crippen LogP contribution in [0.15, 0.2) is 18.2 Å². The van der Waals surface area contributed by atoms with E-state index in [1.54, 1.807) is 0 Å². The zero-order valence-electron chi connectivity index (χ0n) is 9.24. The molecule has 0 aromatic heterocycles. The molecule has 0 aliphatic heterocycles. The second-order valence-corrected chi connectivity index (χ2v) is 3.48. The topological polar surface area (TPSA) is 58.6 Å². The van der Waals surface area contributed by atoms with E-state index in [1.165, 1.54) is 7.11 Å². The van der Waals surface area contributed by atoms with Crippen LogP contribution >= 0.6 is 0 Å². The Morgan fingerprint density at radius 2 is 2.00 bits per heavy atom. The van der Waals surface area contributed by atoms with Gasteiger partial charge in [0.25, 0.3) is 5.91 Å². The molecule has 94 valence electrons. The summed E-state index contributed by atoms with van der Waals surface area (Å²) >= 11 is 0. The minimum absolute atomic E-state index is 0.0508. The van der Waals surface area contributed by atoms with E-state index in [1.807, 2.05) is 0 Å². The number of amides is 1. The third kappa shape index (κ3) is 4.46. The average molecular weight is 245 g/mol. The maximum absolute atomic E-state index is 12.8. The molecule has 1 rings (SSSR count). The van der Waals surface area contributed by atoms with E-state index in [2.05, 4.69) is 10.1 Å². The van der Waals surface area contributed by atoms with Crippen LogP contribution in [0.5, 0.6) is 0 Å². The van der Waals surface area contributed by atoms with Gasteiger partial charge in [-0.2, -0.15) is 0 Å². The van der Waals surface area contributed by atoms with Crippen molar-refractivity contribution in [1.82, 2.24) is 5.32 Å². The molecule has 0 aliphatic carbocycles. The zero-order chi connectivity index (χ0) is 12.8. The highest BCUT2D eigenvalue weighted by molar-refractivity contribution is 5.94. The van der Waals surface area contributed by atoms with Gasteiger partial charge in [-0.15, -0.1) is 0 Å². The SMILES string of the molecule is COCC(O)CNC(=O)c1cc(F)cc(F)c1. The number of halogens is 2. The molecule has 0 aliphatic rings. The Kier molecular flexibility index (Phi) is 4.99. The van der Waals surface area contributed by atoms with Gasteiger partial charge in [0.1, 0.15) is 11.6 Å². The third-order valence-corrected chi connectivity index (χ3v) is 1.98. The molecule has 6 heteroatoms. The standard InChI is InChI=1S/C11H13F2NO3/c1-17-6-10(15)5-14-11(16)7-2-8(12)4-9(13)3-7/h2-4,10,15H,5-6H2,1H3,(H,14,16). The van der Waals surface area contributed by atoms with Gasteiger partial charge in [0.15, 0.2) is 0 Å². The number of hydrogen-bond donors (Lipinski definition) is 2. The van der Waals surface area contributed by atoms with E-state index in [0.29, 0.717) is 6.07 Å². The van der Waals surface area contributed by atoms with Crippen molar-refractivity contribution < 1.29 is 23.4 Å². The lowest BCUT2D eigenvalue weighted by Gasteiger charge is -2.10. The number of ether oxygens (including phenoxy) is 1. The van der Waals surface area contributed by atoms with Gasteiger partial charge in [-0.25, -0.2) is 8.78 Å². The van der Waals surface area contributed by atoms with E-state index in [4.69, 9.17) is 0 Å². The van der Waals surface area contributed by atoms with Crippen LogP contribution in [0.3, 0.4) is 0 Å². The summed E-state index contributed by atoms with van der Waals surface area (Å²) in [6.07, 6.45) is -0.859. The van der Waals surface area contributed by atoms with Gasteiger partial charge >= 0.3 is 0 Å². The first-order valence-electron chi connectivity index (χ1n) is 4.94. The molecule has 0 saturated carbocycles. The van der Waals surface area contributed by atoms with Crippen LogP contribution in [0.1, 0.15) is 10.4 Å². The summed E-state index contributed by atoms with van der Waals surface area (Å²) in [5, 5.41) is 11.6. The molecule has 1 unspecified atom stereocenters. The molecule has 0 heterocycles. The molecule has 17 heavy (non-hydrogen) atoms. The first kappa shape index (κ1) is 13.5. The predicted molar refractivity (Wildman–Crippen MR) is 56.6 cm³/mol. The molecular formula is C11H13F2NO3. The van der Waals surface area contributed by atoms with Crippen molar-refractivity contribution in [2.45, 2.75) is 6.10 Å². The summed E-state index contributed by atoms with van der Waals surface area (Å²) in [6.45, 7) is 0.0165. The number of aliphatic hydroxyl groups excluding tert-OH is 1. The third-order valence-electron chi connectivity index (χ3n) is 1.98. The summed E-state index contributed by atoms with van der Waals surface area (Å²) < 4.78 is 30.3. The summed E-state index contributed by atoms with van der Waals surface area (Å²) in [4.78, 5) is 11.5. The van der Waals surface area contributed by atoms with E-state index in [9.17, 15) is 18.7 Å². The summed E-state index contributed by atoms with van der Waals surface area (Å²) in [5.74, 6) is -2.31. The first-order chi connectivity index (χ1) is 8.02. The lowest BCUT2D eigenvalue weighted by molar-refractivity contribution is 0.0609. The van der Waals surface area contributed by atoms with E-state index >= 15 is 0 Å². The Hall–Kier alpha value is -1.53. The number of benzene rings is 1. The van der Waals surface area contributed by atoms with Crippen LogP contribution in [-0.4, -0.2) is 37.4 Å². The predicted octanol–water partition coefficient (Wildman–Crippen LogP) is 0.702. The van der Waals surface area contributed by atoms with Crippen molar-refractivity contribution in [2.24, 2.45) is 0 Å². The number of carbonyl (C=O) groups is 1. The van der Waals surface area contributed by atoms with Crippen molar-refractivity contribution in [3.63, 3.8) is 0 Å². The van der Waals surface area contributed by atoms with Gasteiger partial charge in [-0.3, -0.25) is 4.79 Å². The monoisotopic (exact) mass is 245 g/mol. The molecule has 1 atom stereocenters. The number of nitrogens with one attached hydrogen (secondary N) is 1. The normalized spacial score (nSPS) is 12.2. The summed E-state index contributed by atoms with van der Waals surface area (Å²) in [7, 11) is 1.41. The van der Waals surface area contributed by atoms with Crippen LogP contribution in [0, 0.1) is 11.6 Å². The molecule has 0 spiro atoms. The fourth-order valence-corrected chi connectivity index (χ4v) is 1.25. The van der Waals surface area contributed by atoms with Crippen molar-refractivity contribution in [3.8, 4) is 0 Å². The van der Waals surface area contributed by atoms with Gasteiger partial charge < -0.3 is 15.2 Å². The number of aliphatic hydroxyl groups is 1. The molecule has 2 N–H and O–H groups in total. The number of hydrogen-bond acceptors (Lipinski definition) is 3. The fourth-order valence-electron chi connectivity index (χ4n) is 1.25. The highest BCUT2D eigenvalue weighted by Crippen LogP contribution is 2.07. The Bertz CT molecular complexity index is 378. The zero-order valence-corrected chi connectivity index (χ0v) is 9.24. The van der Waals surface area contributed by atoms with Crippen molar-refractivity contribution >= 4 is 5.91 Å². The molecule has 0 radical (unpaired) electrons. The van der Waals surface area contributed by atoms with E-state index in [0.717, 1.165) is 12.1 Å². The molecule has 1 aromatic carbocycles. The number of methoxy groups -OCH3 is 1.